The number of fused-ring (bicyclic) bond motifs is 1. The SMILES string of the molecule is C/C(=N/N)C(CN(C)C)C(c1ccccc1)c1c(O)c2ccccc2oc1=O. The van der Waals surface area contributed by atoms with Crippen molar-refractivity contribution in [3.8, 4) is 5.75 Å². The van der Waals surface area contributed by atoms with E-state index in [0.717, 1.165) is 5.56 Å². The molecule has 6 heteroatoms. The van der Waals surface area contributed by atoms with Gasteiger partial charge in [-0.05, 0) is 38.7 Å². The van der Waals surface area contributed by atoms with Crippen molar-refractivity contribution < 1.29 is 9.52 Å². The third-order valence-corrected chi connectivity index (χ3v) is 4.99. The molecule has 6 nitrogen and oxygen atoms in total. The number of nitrogens with zero attached hydrogens (tertiary/aromatic N) is 2. The van der Waals surface area contributed by atoms with Crippen LogP contribution in [-0.2, 0) is 0 Å². The zero-order valence-electron chi connectivity index (χ0n) is 16.3. The summed E-state index contributed by atoms with van der Waals surface area (Å²) in [6.45, 7) is 2.43. The molecule has 146 valence electrons. The maximum Gasteiger partial charge on any atom is 0.343 e. The van der Waals surface area contributed by atoms with E-state index in [-0.39, 0.29) is 17.2 Å². The molecule has 3 N–H and O–H groups in total. The fraction of sp³-hybridized carbons (Fsp3) is 0.273. The van der Waals surface area contributed by atoms with Gasteiger partial charge in [-0.25, -0.2) is 4.79 Å². The molecule has 0 saturated carbocycles. The summed E-state index contributed by atoms with van der Waals surface area (Å²) in [4.78, 5) is 15.0. The molecule has 0 saturated heterocycles. The Morgan fingerprint density at radius 3 is 2.43 bits per heavy atom. The van der Waals surface area contributed by atoms with Crippen LogP contribution in [0.1, 0.15) is 24.0 Å². The van der Waals surface area contributed by atoms with Crippen LogP contribution in [0.5, 0.6) is 5.75 Å². The summed E-state index contributed by atoms with van der Waals surface area (Å²) in [5.41, 5.74) is 1.59. The predicted octanol–water partition coefficient (Wildman–Crippen LogP) is 3.14. The van der Waals surface area contributed by atoms with Gasteiger partial charge in [-0.3, -0.25) is 0 Å². The number of benzene rings is 2. The van der Waals surface area contributed by atoms with Crippen LogP contribution in [0.15, 0.2) is 68.9 Å². The standard InChI is InChI=1S/C22H25N3O3/c1-14(24-23)17(13-25(2)3)19(15-9-5-4-6-10-15)20-21(26)16-11-7-8-12-18(16)28-22(20)27/h4-12,17,19,26H,13,23H2,1-3H3/b24-14-. The highest BCUT2D eigenvalue weighted by atomic mass is 16.4. The van der Waals surface area contributed by atoms with Crippen molar-refractivity contribution in [2.24, 2.45) is 16.9 Å². The quantitative estimate of drug-likeness (QED) is 0.297. The highest BCUT2D eigenvalue weighted by Crippen LogP contribution is 2.39. The Hall–Kier alpha value is -3.12. The topological polar surface area (TPSA) is 92.1 Å². The van der Waals surface area contributed by atoms with E-state index < -0.39 is 11.5 Å². The molecule has 0 fully saturated rings. The Bertz CT molecular complexity index is 1040. The van der Waals surface area contributed by atoms with Crippen molar-refractivity contribution in [2.45, 2.75) is 12.8 Å². The summed E-state index contributed by atoms with van der Waals surface area (Å²) in [7, 11) is 3.89. The first kappa shape index (κ1) is 19.6. The number of hydrogen-bond donors (Lipinski definition) is 2. The van der Waals surface area contributed by atoms with Gasteiger partial charge in [0.1, 0.15) is 11.3 Å². The summed E-state index contributed by atoms with van der Waals surface area (Å²) in [5, 5.41) is 15.5. The van der Waals surface area contributed by atoms with Gasteiger partial charge in [0.05, 0.1) is 10.9 Å². The summed E-state index contributed by atoms with van der Waals surface area (Å²) < 4.78 is 5.54. The molecule has 2 aromatic carbocycles. The normalized spacial score (nSPS) is 14.4. The molecule has 0 aliphatic carbocycles. The van der Waals surface area contributed by atoms with E-state index in [0.29, 0.717) is 23.2 Å². The molecule has 0 aliphatic rings. The second kappa shape index (κ2) is 8.27. The van der Waals surface area contributed by atoms with Crippen LogP contribution in [0.25, 0.3) is 11.0 Å². The lowest BCUT2D eigenvalue weighted by atomic mass is 9.78. The lowest BCUT2D eigenvalue weighted by Gasteiger charge is -2.30. The van der Waals surface area contributed by atoms with E-state index in [1.54, 1.807) is 24.3 Å². The third-order valence-electron chi connectivity index (χ3n) is 4.99. The van der Waals surface area contributed by atoms with Crippen molar-refractivity contribution in [3.63, 3.8) is 0 Å². The zero-order valence-corrected chi connectivity index (χ0v) is 16.3. The lowest BCUT2D eigenvalue weighted by molar-refractivity contribution is 0.346. The summed E-state index contributed by atoms with van der Waals surface area (Å²) in [6.07, 6.45) is 0. The molecule has 0 bridgehead atoms. The maximum absolute atomic E-state index is 13.0. The van der Waals surface area contributed by atoms with E-state index in [1.807, 2.05) is 56.3 Å². The summed E-state index contributed by atoms with van der Waals surface area (Å²) >= 11 is 0. The van der Waals surface area contributed by atoms with Crippen LogP contribution in [0, 0.1) is 5.92 Å². The number of aromatic hydroxyl groups is 1. The zero-order chi connectivity index (χ0) is 20.3. The van der Waals surface area contributed by atoms with E-state index in [1.165, 1.54) is 0 Å². The van der Waals surface area contributed by atoms with Crippen molar-refractivity contribution >= 4 is 16.7 Å². The summed E-state index contributed by atoms with van der Waals surface area (Å²) in [5.74, 6) is 4.87. The molecule has 2 atom stereocenters. The first-order valence-electron chi connectivity index (χ1n) is 9.12. The summed E-state index contributed by atoms with van der Waals surface area (Å²) in [6, 6.07) is 16.6. The fourth-order valence-electron chi connectivity index (χ4n) is 3.65. The molecule has 28 heavy (non-hydrogen) atoms. The smallest absolute Gasteiger partial charge is 0.343 e. The van der Waals surface area contributed by atoms with Crippen LogP contribution in [0.2, 0.25) is 0 Å². The van der Waals surface area contributed by atoms with Gasteiger partial charge >= 0.3 is 5.63 Å². The number of hydrogen-bond acceptors (Lipinski definition) is 6. The highest BCUT2D eigenvalue weighted by molar-refractivity contribution is 5.88. The first-order chi connectivity index (χ1) is 13.4. The number of hydrazone groups is 1. The molecular formula is C22H25N3O3. The van der Waals surface area contributed by atoms with Crippen molar-refractivity contribution in [3.05, 3.63) is 76.1 Å². The molecule has 1 aromatic heterocycles. The van der Waals surface area contributed by atoms with Gasteiger partial charge in [0, 0.05) is 24.1 Å². The van der Waals surface area contributed by atoms with Gasteiger partial charge in [0.25, 0.3) is 0 Å². The molecule has 3 rings (SSSR count). The van der Waals surface area contributed by atoms with E-state index >= 15 is 0 Å². The Labute approximate surface area is 163 Å². The minimum atomic E-state index is -0.557. The fourth-order valence-corrected chi connectivity index (χ4v) is 3.65. The Morgan fingerprint density at radius 2 is 1.79 bits per heavy atom. The minimum Gasteiger partial charge on any atom is -0.507 e. The van der Waals surface area contributed by atoms with Crippen LogP contribution in [0.3, 0.4) is 0 Å². The van der Waals surface area contributed by atoms with Crippen molar-refractivity contribution in [1.29, 1.82) is 0 Å². The average Bonchev–Trinajstić information content (AvgIpc) is 2.69. The number of para-hydroxylation sites is 1. The third kappa shape index (κ3) is 3.77. The molecular weight excluding hydrogens is 354 g/mol. The van der Waals surface area contributed by atoms with Gasteiger partial charge in [-0.2, -0.15) is 5.10 Å². The van der Waals surface area contributed by atoms with Gasteiger partial charge in [0.2, 0.25) is 0 Å². The first-order valence-corrected chi connectivity index (χ1v) is 9.12. The van der Waals surface area contributed by atoms with Crippen LogP contribution >= 0.6 is 0 Å². The Morgan fingerprint density at radius 1 is 1.14 bits per heavy atom. The van der Waals surface area contributed by atoms with Gasteiger partial charge in [0.15, 0.2) is 0 Å². The molecule has 3 aromatic rings. The van der Waals surface area contributed by atoms with Gasteiger partial charge in [-0.15, -0.1) is 0 Å². The maximum atomic E-state index is 13.0. The molecule has 0 amide bonds. The number of rotatable bonds is 6. The molecule has 0 radical (unpaired) electrons. The van der Waals surface area contributed by atoms with Gasteiger partial charge in [-0.1, -0.05) is 42.5 Å². The molecule has 0 aliphatic heterocycles. The second-order valence-electron chi connectivity index (χ2n) is 7.18. The Balaban J connectivity index is 2.32. The Kier molecular flexibility index (Phi) is 5.80. The largest absolute Gasteiger partial charge is 0.507 e. The second-order valence-corrected chi connectivity index (χ2v) is 7.18. The average molecular weight is 379 g/mol. The monoisotopic (exact) mass is 379 g/mol. The van der Waals surface area contributed by atoms with E-state index in [9.17, 15) is 9.90 Å². The van der Waals surface area contributed by atoms with Crippen LogP contribution < -0.4 is 11.5 Å². The molecule has 1 heterocycles. The van der Waals surface area contributed by atoms with E-state index in [2.05, 4.69) is 5.10 Å². The van der Waals surface area contributed by atoms with Crippen LogP contribution in [0.4, 0.5) is 0 Å². The van der Waals surface area contributed by atoms with Crippen molar-refractivity contribution in [2.75, 3.05) is 20.6 Å². The molecule has 2 unspecified atom stereocenters. The van der Waals surface area contributed by atoms with E-state index in [4.69, 9.17) is 10.3 Å². The molecule has 0 spiro atoms. The van der Waals surface area contributed by atoms with Crippen LogP contribution in [-0.4, -0.2) is 36.4 Å². The minimum absolute atomic E-state index is 0.0609. The lowest BCUT2D eigenvalue weighted by Crippen LogP contribution is -2.34. The van der Waals surface area contributed by atoms with Crippen molar-refractivity contribution in [1.82, 2.24) is 4.90 Å². The predicted molar refractivity (Wildman–Crippen MR) is 112 cm³/mol. The highest BCUT2D eigenvalue weighted by Gasteiger charge is 2.33. The van der Waals surface area contributed by atoms with Gasteiger partial charge < -0.3 is 20.3 Å². The number of nitrogens with two attached hydrogens (primary N) is 1.